The van der Waals surface area contributed by atoms with Crippen molar-refractivity contribution in [2.75, 3.05) is 0 Å². The van der Waals surface area contributed by atoms with Crippen LogP contribution in [-0.2, 0) is 14.4 Å². The maximum Gasteiger partial charge on any atom is 2.00 e. The molecule has 0 radical (unpaired) electrons. The van der Waals surface area contributed by atoms with E-state index in [0.717, 1.165) is 0 Å². The summed E-state index contributed by atoms with van der Waals surface area (Å²) in [6.45, 7) is 0. The van der Waals surface area contributed by atoms with E-state index in [0.29, 0.717) is 0 Å². The molecule has 0 bridgehead atoms. The first-order valence-electron chi connectivity index (χ1n) is 3.17. The van der Waals surface area contributed by atoms with Gasteiger partial charge in [-0.15, -0.1) is 0 Å². The van der Waals surface area contributed by atoms with Crippen LogP contribution in [0.4, 0.5) is 0 Å². The van der Waals surface area contributed by atoms with Gasteiger partial charge in [-0.1, -0.05) is 0 Å². The number of aliphatic hydroxyl groups is 1. The molecule has 0 aromatic carbocycles. The van der Waals surface area contributed by atoms with E-state index < -0.39 is 36.4 Å². The van der Waals surface area contributed by atoms with E-state index in [-0.39, 0.29) is 51.5 Å². The Labute approximate surface area is 122 Å². The Hall–Kier alpha value is -0.450. The van der Waals surface area contributed by atoms with Gasteiger partial charge in [-0.05, 0) is 0 Å². The Bertz CT molecular complexity index is 243. The van der Waals surface area contributed by atoms with Crippen LogP contribution in [0.2, 0.25) is 0 Å². The fourth-order valence-corrected chi connectivity index (χ4v) is 0.714. The van der Waals surface area contributed by atoms with Gasteiger partial charge < -0.3 is 34.2 Å². The summed E-state index contributed by atoms with van der Waals surface area (Å²) in [7, 11) is 0. The third-order valence-corrected chi connectivity index (χ3v) is 1.29. The van der Waals surface area contributed by atoms with Gasteiger partial charge in [0.1, 0.15) is 0 Å². The molecular weight excluding hydrogens is 256 g/mol. The van der Waals surface area contributed by atoms with E-state index in [1.807, 2.05) is 0 Å². The van der Waals surface area contributed by atoms with E-state index >= 15 is 0 Å². The zero-order chi connectivity index (χ0) is 10.6. The van der Waals surface area contributed by atoms with Crippen LogP contribution in [0.5, 0.6) is 0 Å². The smallest absolute Gasteiger partial charge is 1.00 e. The van der Waals surface area contributed by atoms with Crippen LogP contribution >= 0.6 is 0 Å². The van der Waals surface area contributed by atoms with Gasteiger partial charge in [0.15, 0.2) is 5.60 Å². The van der Waals surface area contributed by atoms with E-state index in [2.05, 4.69) is 0 Å². The molecule has 0 aliphatic heterocycles. The van der Waals surface area contributed by atoms with Crippen molar-refractivity contribution >= 4 is 55.6 Å². The van der Waals surface area contributed by atoms with Gasteiger partial charge in [0.2, 0.25) is 0 Å². The second kappa shape index (κ2) is 9.75. The second-order valence-electron chi connectivity index (χ2n) is 2.48. The third kappa shape index (κ3) is 8.83. The number of hydrogen-bond acceptors (Lipinski definition) is 4. The monoisotopic (exact) mass is 270 g/mol. The van der Waals surface area contributed by atoms with Crippen LogP contribution < -0.4 is 0 Å². The summed E-state index contributed by atoms with van der Waals surface area (Å²) in [5.41, 5.74) is -2.74. The Morgan fingerprint density at radius 3 is 1.31 bits per heavy atom. The summed E-state index contributed by atoms with van der Waals surface area (Å²) >= 11 is 0. The van der Waals surface area contributed by atoms with Gasteiger partial charge in [-0.2, -0.15) is 0 Å². The molecule has 9 nitrogen and oxygen atoms in total. The van der Waals surface area contributed by atoms with Crippen LogP contribution in [0, 0.1) is 0 Å². The number of hydrogen-bond donors (Lipinski definition) is 4. The first-order valence-corrected chi connectivity index (χ1v) is 3.17. The molecule has 0 aliphatic carbocycles. The summed E-state index contributed by atoms with van der Waals surface area (Å²) in [4.78, 5) is 30.5. The summed E-state index contributed by atoms with van der Waals surface area (Å²) in [6, 6.07) is 0. The largest absolute Gasteiger partial charge is 2.00 e. The van der Waals surface area contributed by atoms with Crippen LogP contribution in [-0.4, -0.2) is 92.6 Å². The molecule has 94 valence electrons. The van der Waals surface area contributed by atoms with Crippen molar-refractivity contribution < 1.29 is 48.6 Å². The van der Waals surface area contributed by atoms with Crippen LogP contribution in [0.15, 0.2) is 0 Å². The van der Waals surface area contributed by atoms with Crippen molar-refractivity contribution in [3.05, 3.63) is 0 Å². The Balaban J connectivity index is -0.0000000720. The van der Waals surface area contributed by atoms with E-state index in [1.165, 1.54) is 0 Å². The first-order chi connectivity index (χ1) is 5.78. The molecule has 0 fully saturated rings. The molecule has 0 aromatic heterocycles. The van der Waals surface area contributed by atoms with E-state index in [4.69, 9.17) is 20.4 Å². The predicted molar refractivity (Wildman–Crippen MR) is 52.3 cm³/mol. The number of carboxylic acids is 3. The predicted octanol–water partition coefficient (Wildman–Crippen LogP) is -3.05. The molecule has 0 atom stereocenters. The van der Waals surface area contributed by atoms with Crippen LogP contribution in [0.3, 0.4) is 0 Å². The number of carbonyl (C=O) groups is 3. The molecule has 16 heavy (non-hydrogen) atoms. The average molecular weight is 270 g/mol. The van der Waals surface area contributed by atoms with Gasteiger partial charge in [0.25, 0.3) is 0 Å². The van der Waals surface area contributed by atoms with Crippen LogP contribution in [0.1, 0.15) is 15.7 Å². The molecule has 8 N–H and O–H groups in total. The zero-order valence-electron chi connectivity index (χ0n) is 10.1. The van der Waals surface area contributed by atoms with Gasteiger partial charge in [-0.25, -0.2) is 4.79 Å². The number of carboxylic acid groups (broad SMARTS) is 3. The molecule has 0 rings (SSSR count). The fraction of sp³-hybridized carbons (Fsp3) is 0.500. The Morgan fingerprint density at radius 1 is 0.938 bits per heavy atom. The molecule has 0 saturated carbocycles. The normalized spacial score (nSPS) is 8.81. The summed E-state index contributed by atoms with van der Waals surface area (Å²) in [6.07, 6.45) is -2.29. The van der Waals surface area contributed by atoms with Crippen molar-refractivity contribution in [3.63, 3.8) is 0 Å². The van der Waals surface area contributed by atoms with Gasteiger partial charge >= 0.3 is 55.6 Å². The molecule has 0 saturated heterocycles. The van der Waals surface area contributed by atoms with Crippen molar-refractivity contribution in [2.24, 2.45) is 0 Å². The summed E-state index contributed by atoms with van der Waals surface area (Å²) in [5.74, 6) is -5.02. The van der Waals surface area contributed by atoms with E-state index in [1.54, 1.807) is 0 Å². The Morgan fingerprint density at radius 2 is 1.19 bits per heavy atom. The van der Waals surface area contributed by atoms with Gasteiger partial charge in [-0.3, -0.25) is 9.59 Å². The molecule has 0 aliphatic rings. The van der Waals surface area contributed by atoms with E-state index in [9.17, 15) is 14.4 Å². The maximum absolute atomic E-state index is 10.3. The minimum Gasteiger partial charge on any atom is -1.00 e. The standard InChI is InChI=1S/C6H8O7.Ca.2H2O.2H/c7-3(8)1-6(13,5(11)12)2-4(9)10;;;;;/h13H,1-2H2,(H,7,8)(H,9,10)(H,11,12);;2*1H2;;/q;+2;;;2*-1. The quantitative estimate of drug-likeness (QED) is 0.380. The molecule has 0 unspecified atom stereocenters. The average Bonchev–Trinajstić information content (AvgIpc) is 1.82. The topological polar surface area (TPSA) is 195 Å². The van der Waals surface area contributed by atoms with Crippen molar-refractivity contribution in [1.29, 1.82) is 0 Å². The van der Waals surface area contributed by atoms with Gasteiger partial charge in [0.05, 0.1) is 12.8 Å². The first kappa shape index (κ1) is 24.7. The fourth-order valence-electron chi connectivity index (χ4n) is 0.714. The molecular formula is C6H14CaO9. The SMILES string of the molecule is O.O.O=C(O)CC(O)(CC(=O)O)C(=O)O.[Ca+2].[H-].[H-]. The third-order valence-electron chi connectivity index (χ3n) is 1.29. The molecule has 0 aromatic rings. The van der Waals surface area contributed by atoms with Crippen LogP contribution in [0.25, 0.3) is 0 Å². The van der Waals surface area contributed by atoms with Crippen molar-refractivity contribution in [1.82, 2.24) is 0 Å². The van der Waals surface area contributed by atoms with Gasteiger partial charge in [0, 0.05) is 0 Å². The molecule has 0 heterocycles. The summed E-state index contributed by atoms with van der Waals surface area (Å²) in [5, 5.41) is 33.8. The molecule has 0 amide bonds. The minimum absolute atomic E-state index is 0. The molecule has 10 heteroatoms. The van der Waals surface area contributed by atoms with Crippen molar-refractivity contribution in [2.45, 2.75) is 18.4 Å². The summed E-state index contributed by atoms with van der Waals surface area (Å²) < 4.78 is 0. The molecule has 0 spiro atoms. The number of rotatable bonds is 5. The minimum atomic E-state index is -2.74. The zero-order valence-corrected chi connectivity index (χ0v) is 10.3. The maximum atomic E-state index is 10.3. The second-order valence-corrected chi connectivity index (χ2v) is 2.48. The Kier molecular flexibility index (Phi) is 15.0. The number of aliphatic carboxylic acids is 3. The van der Waals surface area contributed by atoms with Crippen molar-refractivity contribution in [3.8, 4) is 0 Å².